The summed E-state index contributed by atoms with van der Waals surface area (Å²) < 4.78 is 41.2. The predicted octanol–water partition coefficient (Wildman–Crippen LogP) is 2.84. The van der Waals surface area contributed by atoms with Crippen molar-refractivity contribution in [1.29, 1.82) is 0 Å². The molecule has 134 valence electrons. The van der Waals surface area contributed by atoms with Crippen molar-refractivity contribution in [3.8, 4) is 5.75 Å². The summed E-state index contributed by atoms with van der Waals surface area (Å²) in [5.74, 6) is 0.369. The van der Waals surface area contributed by atoms with Gasteiger partial charge in [0.15, 0.2) is 6.61 Å². The van der Waals surface area contributed by atoms with Gasteiger partial charge in [0, 0.05) is 0 Å². The fraction of sp³-hybridized carbons (Fsp3) is 0.588. The van der Waals surface area contributed by atoms with E-state index in [2.05, 4.69) is 10.1 Å². The molecule has 1 fully saturated rings. The third kappa shape index (κ3) is 6.39. The standard InChI is InChI=1S/C17H22F3NO3/c18-17(19,20)11-24-15-6-2-5-13(8-15)9-16(23)21-14(10-22)7-12-3-1-4-12/h2,5-6,8,12,14,22H,1,3-4,7,9-11H2,(H,21,23). The van der Waals surface area contributed by atoms with Gasteiger partial charge in [-0.05, 0) is 30.0 Å². The smallest absolute Gasteiger partial charge is 0.422 e. The quantitative estimate of drug-likeness (QED) is 0.762. The highest BCUT2D eigenvalue weighted by molar-refractivity contribution is 5.79. The molecule has 2 N–H and O–H groups in total. The van der Waals surface area contributed by atoms with E-state index in [1.807, 2.05) is 0 Å². The average molecular weight is 345 g/mol. The molecule has 1 aromatic carbocycles. The van der Waals surface area contributed by atoms with Crippen LogP contribution in [0, 0.1) is 5.92 Å². The van der Waals surface area contributed by atoms with Gasteiger partial charge in [-0.3, -0.25) is 4.79 Å². The van der Waals surface area contributed by atoms with Gasteiger partial charge in [0.2, 0.25) is 5.91 Å². The molecule has 24 heavy (non-hydrogen) atoms. The fourth-order valence-electron chi connectivity index (χ4n) is 2.68. The Labute approximate surface area is 139 Å². The van der Waals surface area contributed by atoms with Crippen molar-refractivity contribution in [2.75, 3.05) is 13.2 Å². The number of rotatable bonds is 8. The molecule has 0 aliphatic heterocycles. The summed E-state index contributed by atoms with van der Waals surface area (Å²) >= 11 is 0. The summed E-state index contributed by atoms with van der Waals surface area (Å²) in [4.78, 5) is 12.1. The summed E-state index contributed by atoms with van der Waals surface area (Å²) in [6, 6.07) is 5.77. The molecule has 1 aromatic rings. The van der Waals surface area contributed by atoms with Crippen LogP contribution in [0.3, 0.4) is 0 Å². The van der Waals surface area contributed by atoms with Gasteiger partial charge in [-0.15, -0.1) is 0 Å². The van der Waals surface area contributed by atoms with Crippen LogP contribution in [0.4, 0.5) is 13.2 Å². The lowest BCUT2D eigenvalue weighted by Crippen LogP contribution is -2.40. The van der Waals surface area contributed by atoms with Crippen LogP contribution in [0.1, 0.15) is 31.2 Å². The Morgan fingerprint density at radius 1 is 1.38 bits per heavy atom. The highest BCUT2D eigenvalue weighted by Crippen LogP contribution is 2.30. The third-order valence-electron chi connectivity index (χ3n) is 4.09. The Kier molecular flexibility index (Phi) is 6.48. The highest BCUT2D eigenvalue weighted by Gasteiger charge is 2.28. The van der Waals surface area contributed by atoms with Crippen LogP contribution in [0.25, 0.3) is 0 Å². The second kappa shape index (κ2) is 8.37. The maximum absolute atomic E-state index is 12.2. The molecular formula is C17H22F3NO3. The van der Waals surface area contributed by atoms with E-state index in [1.54, 1.807) is 12.1 Å². The first-order valence-corrected chi connectivity index (χ1v) is 8.04. The van der Waals surface area contributed by atoms with E-state index in [1.165, 1.54) is 18.6 Å². The molecular weight excluding hydrogens is 323 g/mol. The number of ether oxygens (including phenoxy) is 1. The SMILES string of the molecule is O=C(Cc1cccc(OCC(F)(F)F)c1)NC(CO)CC1CCC1. The monoisotopic (exact) mass is 345 g/mol. The maximum Gasteiger partial charge on any atom is 0.422 e. The van der Waals surface area contributed by atoms with E-state index in [0.717, 1.165) is 19.3 Å². The first-order valence-electron chi connectivity index (χ1n) is 8.04. The highest BCUT2D eigenvalue weighted by atomic mass is 19.4. The molecule has 1 aliphatic carbocycles. The van der Waals surface area contributed by atoms with Crippen LogP contribution in [-0.2, 0) is 11.2 Å². The number of benzene rings is 1. The second-order valence-corrected chi connectivity index (χ2v) is 6.21. The lowest BCUT2D eigenvalue weighted by molar-refractivity contribution is -0.153. The first kappa shape index (κ1) is 18.6. The van der Waals surface area contributed by atoms with Gasteiger partial charge in [0.05, 0.1) is 19.1 Å². The number of carbonyl (C=O) groups excluding carboxylic acids is 1. The number of halogens is 3. The zero-order chi connectivity index (χ0) is 17.6. The number of aliphatic hydroxyl groups excluding tert-OH is 1. The Hall–Kier alpha value is -1.76. The molecule has 1 saturated carbocycles. The lowest BCUT2D eigenvalue weighted by Gasteiger charge is -2.29. The lowest BCUT2D eigenvalue weighted by atomic mass is 9.81. The number of alkyl halides is 3. The van der Waals surface area contributed by atoms with Gasteiger partial charge in [-0.2, -0.15) is 13.2 Å². The number of hydrogen-bond donors (Lipinski definition) is 2. The summed E-state index contributed by atoms with van der Waals surface area (Å²) in [5.41, 5.74) is 0.563. The molecule has 2 rings (SSSR count). The average Bonchev–Trinajstić information content (AvgIpc) is 2.47. The minimum Gasteiger partial charge on any atom is -0.484 e. The zero-order valence-electron chi connectivity index (χ0n) is 13.3. The maximum atomic E-state index is 12.2. The van der Waals surface area contributed by atoms with Gasteiger partial charge < -0.3 is 15.2 Å². The van der Waals surface area contributed by atoms with E-state index in [4.69, 9.17) is 0 Å². The van der Waals surface area contributed by atoms with Crippen molar-refractivity contribution in [2.24, 2.45) is 5.92 Å². The number of carbonyl (C=O) groups is 1. The Balaban J connectivity index is 1.83. The molecule has 7 heteroatoms. The van der Waals surface area contributed by atoms with Crippen LogP contribution in [0.5, 0.6) is 5.75 Å². The molecule has 0 spiro atoms. The molecule has 1 atom stereocenters. The van der Waals surface area contributed by atoms with Crippen molar-refractivity contribution < 1.29 is 27.8 Å². The third-order valence-corrected chi connectivity index (χ3v) is 4.09. The Morgan fingerprint density at radius 2 is 2.12 bits per heavy atom. The van der Waals surface area contributed by atoms with Gasteiger partial charge in [-0.1, -0.05) is 31.4 Å². The van der Waals surface area contributed by atoms with Crippen molar-refractivity contribution in [3.05, 3.63) is 29.8 Å². The first-order chi connectivity index (χ1) is 11.4. The normalized spacial score (nSPS) is 16.3. The van der Waals surface area contributed by atoms with E-state index in [0.29, 0.717) is 11.5 Å². The zero-order valence-corrected chi connectivity index (χ0v) is 13.3. The van der Waals surface area contributed by atoms with Crippen molar-refractivity contribution in [1.82, 2.24) is 5.32 Å². The molecule has 0 saturated heterocycles. The molecule has 0 bridgehead atoms. The Morgan fingerprint density at radius 3 is 2.71 bits per heavy atom. The van der Waals surface area contributed by atoms with Gasteiger partial charge in [0.1, 0.15) is 5.75 Å². The van der Waals surface area contributed by atoms with Gasteiger partial charge in [-0.25, -0.2) is 0 Å². The van der Waals surface area contributed by atoms with Crippen LogP contribution in [0.2, 0.25) is 0 Å². The fourth-order valence-corrected chi connectivity index (χ4v) is 2.68. The Bertz CT molecular complexity index is 544. The van der Waals surface area contributed by atoms with E-state index in [9.17, 15) is 23.1 Å². The van der Waals surface area contributed by atoms with E-state index >= 15 is 0 Å². The minimum atomic E-state index is -4.40. The topological polar surface area (TPSA) is 58.6 Å². The van der Waals surface area contributed by atoms with Crippen LogP contribution in [-0.4, -0.2) is 36.4 Å². The van der Waals surface area contributed by atoms with E-state index in [-0.39, 0.29) is 30.7 Å². The largest absolute Gasteiger partial charge is 0.484 e. The van der Waals surface area contributed by atoms with Crippen LogP contribution < -0.4 is 10.1 Å². The molecule has 1 amide bonds. The summed E-state index contributed by atoms with van der Waals surface area (Å²) in [5, 5.41) is 12.1. The van der Waals surface area contributed by atoms with Gasteiger partial charge >= 0.3 is 6.18 Å². The number of amides is 1. The molecule has 1 aliphatic rings. The number of hydrogen-bond acceptors (Lipinski definition) is 3. The summed E-state index contributed by atoms with van der Waals surface area (Å²) in [7, 11) is 0. The molecule has 1 unspecified atom stereocenters. The molecule has 0 radical (unpaired) electrons. The van der Waals surface area contributed by atoms with Crippen molar-refractivity contribution >= 4 is 5.91 Å². The van der Waals surface area contributed by atoms with Gasteiger partial charge in [0.25, 0.3) is 0 Å². The second-order valence-electron chi connectivity index (χ2n) is 6.21. The predicted molar refractivity (Wildman–Crippen MR) is 82.7 cm³/mol. The molecule has 4 nitrogen and oxygen atoms in total. The number of aliphatic hydroxyl groups is 1. The summed E-state index contributed by atoms with van der Waals surface area (Å²) in [6.45, 7) is -1.48. The van der Waals surface area contributed by atoms with Crippen LogP contribution >= 0.6 is 0 Å². The van der Waals surface area contributed by atoms with Crippen LogP contribution in [0.15, 0.2) is 24.3 Å². The molecule has 0 aromatic heterocycles. The van der Waals surface area contributed by atoms with E-state index < -0.39 is 12.8 Å². The molecule has 0 heterocycles. The minimum absolute atomic E-state index is 0.0321. The van der Waals surface area contributed by atoms with Crippen molar-refractivity contribution in [3.63, 3.8) is 0 Å². The summed E-state index contributed by atoms with van der Waals surface area (Å²) in [6.07, 6.45) is -0.151. The number of nitrogens with one attached hydrogen (secondary N) is 1. The van der Waals surface area contributed by atoms with Crippen molar-refractivity contribution in [2.45, 2.75) is 44.3 Å².